The fraction of sp³-hybridized carbons (Fsp3) is 0.158. The predicted octanol–water partition coefficient (Wildman–Crippen LogP) is 3.48. The number of nitrogens with zero attached hydrogens (tertiary/aromatic N) is 1. The van der Waals surface area contributed by atoms with Gasteiger partial charge in [0.2, 0.25) is 0 Å². The molecule has 6 nitrogen and oxygen atoms in total. The standard InChI is InChI=1S/C19H16N2O4S/c1-12-7-16(26-11-20)8-13(2)18(12)21-17(23)10-25-19(24)15-5-3-14(9-22)4-6-15/h3-9H,10H2,1-2H3,(H,21,23). The van der Waals surface area contributed by atoms with Gasteiger partial charge in [0.25, 0.3) is 5.91 Å². The van der Waals surface area contributed by atoms with Gasteiger partial charge in [-0.1, -0.05) is 12.1 Å². The molecule has 0 saturated heterocycles. The van der Waals surface area contributed by atoms with Gasteiger partial charge in [-0.05, 0) is 61.0 Å². The van der Waals surface area contributed by atoms with Crippen molar-refractivity contribution in [2.24, 2.45) is 0 Å². The number of esters is 1. The number of carbonyl (C=O) groups is 3. The number of ether oxygens (including phenoxy) is 1. The van der Waals surface area contributed by atoms with Crippen molar-refractivity contribution < 1.29 is 19.1 Å². The summed E-state index contributed by atoms with van der Waals surface area (Å²) in [6, 6.07) is 9.52. The van der Waals surface area contributed by atoms with E-state index in [4.69, 9.17) is 10.00 Å². The molecular weight excluding hydrogens is 352 g/mol. The number of benzene rings is 2. The lowest BCUT2D eigenvalue weighted by Gasteiger charge is -2.13. The van der Waals surface area contributed by atoms with E-state index >= 15 is 0 Å². The number of carbonyl (C=O) groups excluding carboxylic acids is 3. The highest BCUT2D eigenvalue weighted by Gasteiger charge is 2.13. The summed E-state index contributed by atoms with van der Waals surface area (Å²) in [4.78, 5) is 35.4. The molecule has 0 spiro atoms. The maximum Gasteiger partial charge on any atom is 0.338 e. The Morgan fingerprint density at radius 1 is 1.19 bits per heavy atom. The van der Waals surface area contributed by atoms with Crippen molar-refractivity contribution in [3.63, 3.8) is 0 Å². The molecule has 0 atom stereocenters. The van der Waals surface area contributed by atoms with E-state index in [1.165, 1.54) is 24.3 Å². The molecule has 0 bridgehead atoms. The van der Waals surface area contributed by atoms with Gasteiger partial charge >= 0.3 is 5.97 Å². The minimum absolute atomic E-state index is 0.258. The van der Waals surface area contributed by atoms with Crippen LogP contribution in [0, 0.1) is 24.5 Å². The zero-order chi connectivity index (χ0) is 19.1. The summed E-state index contributed by atoms with van der Waals surface area (Å²) in [7, 11) is 0. The molecule has 0 saturated carbocycles. The maximum absolute atomic E-state index is 12.1. The second-order valence-corrected chi connectivity index (χ2v) is 6.35. The van der Waals surface area contributed by atoms with Crippen LogP contribution >= 0.6 is 11.8 Å². The molecule has 0 fully saturated rings. The smallest absolute Gasteiger partial charge is 0.338 e. The van der Waals surface area contributed by atoms with Crippen LogP contribution in [0.25, 0.3) is 0 Å². The lowest BCUT2D eigenvalue weighted by Crippen LogP contribution is -2.21. The van der Waals surface area contributed by atoms with Crippen molar-refractivity contribution >= 4 is 35.6 Å². The molecule has 26 heavy (non-hydrogen) atoms. The second kappa shape index (κ2) is 8.83. The molecule has 0 radical (unpaired) electrons. The highest BCUT2D eigenvalue weighted by molar-refractivity contribution is 8.03. The van der Waals surface area contributed by atoms with Gasteiger partial charge in [0.1, 0.15) is 11.7 Å². The Bertz CT molecular complexity index is 862. The molecule has 0 unspecified atom stereocenters. The summed E-state index contributed by atoms with van der Waals surface area (Å²) in [6.45, 7) is 3.22. The molecule has 2 aromatic carbocycles. The monoisotopic (exact) mass is 368 g/mol. The second-order valence-electron chi connectivity index (χ2n) is 5.49. The molecule has 0 aliphatic rings. The fourth-order valence-corrected chi connectivity index (χ4v) is 2.90. The van der Waals surface area contributed by atoms with Gasteiger partial charge in [0.05, 0.1) is 5.56 Å². The number of thiocyanates is 1. The zero-order valence-corrected chi connectivity index (χ0v) is 15.1. The number of aryl methyl sites for hydroxylation is 2. The molecule has 132 valence electrons. The highest BCUT2D eigenvalue weighted by Crippen LogP contribution is 2.27. The number of anilines is 1. The van der Waals surface area contributed by atoms with Crippen LogP contribution in [0.2, 0.25) is 0 Å². The van der Waals surface area contributed by atoms with E-state index in [2.05, 4.69) is 5.32 Å². The first kappa shape index (κ1) is 19.2. The number of aldehydes is 1. The van der Waals surface area contributed by atoms with Gasteiger partial charge in [-0.2, -0.15) is 5.26 Å². The summed E-state index contributed by atoms with van der Waals surface area (Å²) in [5.74, 6) is -1.11. The van der Waals surface area contributed by atoms with Crippen LogP contribution in [-0.4, -0.2) is 24.8 Å². The van der Waals surface area contributed by atoms with E-state index in [9.17, 15) is 14.4 Å². The number of hydrogen-bond acceptors (Lipinski definition) is 6. The third kappa shape index (κ3) is 4.94. The van der Waals surface area contributed by atoms with Gasteiger partial charge in [0, 0.05) is 16.1 Å². The molecule has 0 aromatic heterocycles. The van der Waals surface area contributed by atoms with Crippen molar-refractivity contribution in [3.05, 3.63) is 58.7 Å². The molecule has 2 rings (SSSR count). The van der Waals surface area contributed by atoms with Crippen LogP contribution < -0.4 is 5.32 Å². The van der Waals surface area contributed by atoms with Crippen LogP contribution in [0.4, 0.5) is 5.69 Å². The summed E-state index contributed by atoms with van der Waals surface area (Å²) in [5.41, 5.74) is 2.96. The molecular formula is C19H16N2O4S. The number of thioether (sulfide) groups is 1. The number of rotatable bonds is 6. The minimum Gasteiger partial charge on any atom is -0.452 e. The van der Waals surface area contributed by atoms with Crippen molar-refractivity contribution in [1.29, 1.82) is 5.26 Å². The van der Waals surface area contributed by atoms with Gasteiger partial charge in [-0.25, -0.2) is 4.79 Å². The first-order chi connectivity index (χ1) is 12.4. The van der Waals surface area contributed by atoms with Gasteiger partial charge in [-0.15, -0.1) is 0 Å². The third-order valence-corrected chi connectivity index (χ3v) is 4.11. The maximum atomic E-state index is 12.1. The minimum atomic E-state index is -0.646. The Hall–Kier alpha value is -3.11. The van der Waals surface area contributed by atoms with Crippen LogP contribution in [0.5, 0.6) is 0 Å². The van der Waals surface area contributed by atoms with E-state index in [-0.39, 0.29) is 5.56 Å². The van der Waals surface area contributed by atoms with Gasteiger partial charge in [-0.3, -0.25) is 9.59 Å². The normalized spacial score (nSPS) is 9.88. The zero-order valence-electron chi connectivity index (χ0n) is 14.2. The quantitative estimate of drug-likeness (QED) is 0.363. The first-order valence-corrected chi connectivity index (χ1v) is 8.45. The SMILES string of the molecule is Cc1cc(SC#N)cc(C)c1NC(=O)COC(=O)c1ccc(C=O)cc1. The average Bonchev–Trinajstić information content (AvgIpc) is 2.63. The number of hydrogen-bond donors (Lipinski definition) is 1. The van der Waals surface area contributed by atoms with Crippen LogP contribution in [-0.2, 0) is 9.53 Å². The predicted molar refractivity (Wildman–Crippen MR) is 98.1 cm³/mol. The number of nitriles is 1. The summed E-state index contributed by atoms with van der Waals surface area (Å²) < 4.78 is 4.99. The summed E-state index contributed by atoms with van der Waals surface area (Å²) in [6.07, 6.45) is 0.674. The molecule has 0 aliphatic carbocycles. The Labute approximate surface area is 155 Å². The third-order valence-electron chi connectivity index (χ3n) is 3.55. The molecule has 0 heterocycles. The largest absolute Gasteiger partial charge is 0.452 e. The number of nitrogens with one attached hydrogen (secondary N) is 1. The van der Waals surface area contributed by atoms with E-state index < -0.39 is 18.5 Å². The Morgan fingerprint density at radius 2 is 1.81 bits per heavy atom. The number of amides is 1. The lowest BCUT2D eigenvalue weighted by atomic mass is 10.1. The molecule has 1 N–H and O–H groups in total. The van der Waals surface area contributed by atoms with E-state index in [1.807, 2.05) is 19.2 Å². The molecule has 7 heteroatoms. The molecule has 1 amide bonds. The highest BCUT2D eigenvalue weighted by atomic mass is 32.2. The van der Waals surface area contributed by atoms with Gasteiger partial charge < -0.3 is 10.1 Å². The van der Waals surface area contributed by atoms with Crippen molar-refractivity contribution in [3.8, 4) is 5.40 Å². The van der Waals surface area contributed by atoms with Crippen LogP contribution in [0.3, 0.4) is 0 Å². The summed E-state index contributed by atoms with van der Waals surface area (Å²) in [5, 5.41) is 13.5. The van der Waals surface area contributed by atoms with Crippen molar-refractivity contribution in [2.75, 3.05) is 11.9 Å². The topological polar surface area (TPSA) is 96.3 Å². The van der Waals surface area contributed by atoms with E-state index in [0.717, 1.165) is 27.8 Å². The average molecular weight is 368 g/mol. The van der Waals surface area contributed by atoms with Gasteiger partial charge in [0.15, 0.2) is 6.61 Å². The van der Waals surface area contributed by atoms with Crippen LogP contribution in [0.15, 0.2) is 41.3 Å². The van der Waals surface area contributed by atoms with Crippen molar-refractivity contribution in [1.82, 2.24) is 0 Å². The van der Waals surface area contributed by atoms with E-state index in [1.54, 1.807) is 12.1 Å². The molecule has 0 aliphatic heterocycles. The first-order valence-electron chi connectivity index (χ1n) is 7.64. The Morgan fingerprint density at radius 3 is 2.35 bits per heavy atom. The lowest BCUT2D eigenvalue weighted by molar-refractivity contribution is -0.119. The van der Waals surface area contributed by atoms with Crippen molar-refractivity contribution in [2.45, 2.75) is 18.7 Å². The Balaban J connectivity index is 1.97. The Kier molecular flexibility index (Phi) is 6.53. The summed E-state index contributed by atoms with van der Waals surface area (Å²) >= 11 is 1.05. The van der Waals surface area contributed by atoms with Crippen LogP contribution in [0.1, 0.15) is 31.8 Å². The molecule has 2 aromatic rings. The van der Waals surface area contributed by atoms with E-state index in [0.29, 0.717) is 17.5 Å². The fourth-order valence-electron chi connectivity index (χ4n) is 2.32.